The number of nitrogens with zero attached hydrogens (tertiary/aromatic N) is 1. The molecular weight excluding hydrogens is 306 g/mol. The summed E-state index contributed by atoms with van der Waals surface area (Å²) in [5.41, 5.74) is 2.26. The van der Waals surface area contributed by atoms with Crippen LogP contribution in [0.1, 0.15) is 35.8 Å². The summed E-state index contributed by atoms with van der Waals surface area (Å²) in [6, 6.07) is 9.26. The van der Waals surface area contributed by atoms with E-state index < -0.39 is 0 Å². The van der Waals surface area contributed by atoms with Crippen molar-refractivity contribution in [3.05, 3.63) is 47.8 Å². The molecule has 0 saturated carbocycles. The third-order valence-electron chi connectivity index (χ3n) is 3.74. The maximum absolute atomic E-state index is 12.3. The zero-order chi connectivity index (χ0) is 16.8. The number of hydrogen-bond donors (Lipinski definition) is 2. The van der Waals surface area contributed by atoms with E-state index >= 15 is 0 Å². The van der Waals surface area contributed by atoms with Gasteiger partial charge in [-0.25, -0.2) is 0 Å². The van der Waals surface area contributed by atoms with Crippen LogP contribution in [0.4, 0.5) is 5.69 Å². The van der Waals surface area contributed by atoms with E-state index in [-0.39, 0.29) is 12.7 Å². The van der Waals surface area contributed by atoms with Gasteiger partial charge in [-0.3, -0.25) is 9.78 Å². The number of anilines is 1. The average molecular weight is 327 g/mol. The molecule has 1 aromatic carbocycles. The van der Waals surface area contributed by atoms with E-state index in [9.17, 15) is 4.79 Å². The topological polar surface area (TPSA) is 72.5 Å². The summed E-state index contributed by atoms with van der Waals surface area (Å²) in [7, 11) is 0. The average Bonchev–Trinajstić information content (AvgIpc) is 3.08. The Labute approximate surface area is 141 Å². The number of unbranched alkanes of at least 4 members (excludes halogenated alkanes) is 1. The van der Waals surface area contributed by atoms with Crippen LogP contribution in [0.3, 0.4) is 0 Å². The first-order valence-corrected chi connectivity index (χ1v) is 8.13. The molecule has 2 N–H and O–H groups in total. The van der Waals surface area contributed by atoms with Crippen molar-refractivity contribution in [2.24, 2.45) is 0 Å². The minimum Gasteiger partial charge on any atom is -0.454 e. The molecule has 0 bridgehead atoms. The normalized spacial score (nSPS) is 12.0. The highest BCUT2D eigenvalue weighted by Gasteiger charge is 2.14. The summed E-state index contributed by atoms with van der Waals surface area (Å²) in [6.45, 7) is 3.68. The Morgan fingerprint density at radius 2 is 2.08 bits per heavy atom. The lowest BCUT2D eigenvalue weighted by Crippen LogP contribution is -2.23. The first kappa shape index (κ1) is 16.1. The minimum absolute atomic E-state index is 0.202. The number of nitrogens with one attached hydrogen (secondary N) is 2. The van der Waals surface area contributed by atoms with Gasteiger partial charge in [0, 0.05) is 25.0 Å². The van der Waals surface area contributed by atoms with Gasteiger partial charge in [0.25, 0.3) is 5.91 Å². The van der Waals surface area contributed by atoms with Crippen molar-refractivity contribution in [2.45, 2.75) is 26.3 Å². The summed E-state index contributed by atoms with van der Waals surface area (Å²) in [6.07, 6.45) is 3.86. The second kappa shape index (κ2) is 7.68. The molecule has 2 heterocycles. The van der Waals surface area contributed by atoms with Crippen LogP contribution in [0.2, 0.25) is 0 Å². The molecular formula is C18H21N3O3. The van der Waals surface area contributed by atoms with Gasteiger partial charge in [-0.15, -0.1) is 0 Å². The Kier molecular flexibility index (Phi) is 5.15. The Morgan fingerprint density at radius 1 is 1.21 bits per heavy atom. The van der Waals surface area contributed by atoms with E-state index in [1.165, 1.54) is 0 Å². The molecule has 1 aliphatic rings. The fourth-order valence-electron chi connectivity index (χ4n) is 2.40. The summed E-state index contributed by atoms with van der Waals surface area (Å²) in [4.78, 5) is 16.4. The third-order valence-corrected chi connectivity index (χ3v) is 3.74. The van der Waals surface area contributed by atoms with Gasteiger partial charge < -0.3 is 20.1 Å². The van der Waals surface area contributed by atoms with E-state index in [1.807, 2.05) is 24.3 Å². The Bertz CT molecular complexity index is 718. The summed E-state index contributed by atoms with van der Waals surface area (Å²) >= 11 is 0. The second-order valence-electron chi connectivity index (χ2n) is 5.58. The van der Waals surface area contributed by atoms with Crippen LogP contribution in [0, 0.1) is 0 Å². The SMILES string of the molecule is CCCCNc1ccnc(C(=O)NCc2ccc3c(c2)OCO3)c1. The zero-order valence-electron chi connectivity index (χ0n) is 13.7. The lowest BCUT2D eigenvalue weighted by Gasteiger charge is -2.08. The standard InChI is InChI=1S/C18H21N3O3/c1-2-3-7-19-14-6-8-20-15(10-14)18(22)21-11-13-4-5-16-17(9-13)24-12-23-16/h4-6,8-10H,2-3,7,11-12H2,1H3,(H,19,20)(H,21,22). The summed E-state index contributed by atoms with van der Waals surface area (Å²) in [5, 5.41) is 6.17. The van der Waals surface area contributed by atoms with Gasteiger partial charge in [-0.05, 0) is 36.2 Å². The lowest BCUT2D eigenvalue weighted by atomic mass is 10.2. The van der Waals surface area contributed by atoms with Gasteiger partial charge in [0.15, 0.2) is 11.5 Å². The van der Waals surface area contributed by atoms with Crippen LogP contribution in [-0.4, -0.2) is 24.2 Å². The molecule has 0 fully saturated rings. The number of amides is 1. The molecule has 126 valence electrons. The number of carbonyl (C=O) groups excluding carboxylic acids is 1. The van der Waals surface area contributed by atoms with Crippen LogP contribution in [0.25, 0.3) is 0 Å². The van der Waals surface area contributed by atoms with E-state index in [4.69, 9.17) is 9.47 Å². The van der Waals surface area contributed by atoms with Gasteiger partial charge >= 0.3 is 0 Å². The number of carbonyl (C=O) groups is 1. The predicted octanol–water partition coefficient (Wildman–Crippen LogP) is 2.95. The maximum atomic E-state index is 12.3. The molecule has 1 aromatic heterocycles. The number of rotatable bonds is 7. The highest BCUT2D eigenvalue weighted by molar-refractivity contribution is 5.93. The van der Waals surface area contributed by atoms with Gasteiger partial charge in [0.05, 0.1) is 0 Å². The Balaban J connectivity index is 1.57. The first-order valence-electron chi connectivity index (χ1n) is 8.13. The highest BCUT2D eigenvalue weighted by atomic mass is 16.7. The van der Waals surface area contributed by atoms with E-state index in [0.29, 0.717) is 18.0 Å². The van der Waals surface area contributed by atoms with Crippen LogP contribution < -0.4 is 20.1 Å². The number of hydrogen-bond acceptors (Lipinski definition) is 5. The number of fused-ring (bicyclic) bond motifs is 1. The third kappa shape index (κ3) is 3.95. The number of ether oxygens (including phenoxy) is 2. The van der Waals surface area contributed by atoms with Gasteiger partial charge in [-0.1, -0.05) is 19.4 Å². The molecule has 0 aliphatic carbocycles. The molecule has 0 atom stereocenters. The van der Waals surface area contributed by atoms with Crippen molar-refractivity contribution in [2.75, 3.05) is 18.7 Å². The van der Waals surface area contributed by atoms with Gasteiger partial charge in [-0.2, -0.15) is 0 Å². The molecule has 2 aromatic rings. The lowest BCUT2D eigenvalue weighted by molar-refractivity contribution is 0.0946. The first-order chi connectivity index (χ1) is 11.8. The molecule has 24 heavy (non-hydrogen) atoms. The van der Waals surface area contributed by atoms with E-state index in [2.05, 4.69) is 22.5 Å². The van der Waals surface area contributed by atoms with E-state index in [1.54, 1.807) is 12.3 Å². The number of pyridine rings is 1. The largest absolute Gasteiger partial charge is 0.454 e. The quantitative estimate of drug-likeness (QED) is 0.765. The second-order valence-corrected chi connectivity index (χ2v) is 5.58. The maximum Gasteiger partial charge on any atom is 0.270 e. The molecule has 3 rings (SSSR count). The summed E-state index contributed by atoms with van der Waals surface area (Å²) in [5.74, 6) is 1.24. The van der Waals surface area contributed by atoms with Gasteiger partial charge in [0.2, 0.25) is 6.79 Å². The molecule has 0 saturated heterocycles. The van der Waals surface area contributed by atoms with E-state index in [0.717, 1.165) is 36.4 Å². The van der Waals surface area contributed by atoms with Crippen LogP contribution in [0.15, 0.2) is 36.5 Å². The van der Waals surface area contributed by atoms with Crippen molar-refractivity contribution >= 4 is 11.6 Å². The smallest absolute Gasteiger partial charge is 0.270 e. The molecule has 6 nitrogen and oxygen atoms in total. The van der Waals surface area contributed by atoms with Crippen molar-refractivity contribution in [1.29, 1.82) is 0 Å². The van der Waals surface area contributed by atoms with Crippen LogP contribution in [-0.2, 0) is 6.54 Å². The minimum atomic E-state index is -0.202. The number of aromatic nitrogens is 1. The Hall–Kier alpha value is -2.76. The molecule has 1 aliphatic heterocycles. The molecule has 0 radical (unpaired) electrons. The number of benzene rings is 1. The molecule has 0 unspecified atom stereocenters. The highest BCUT2D eigenvalue weighted by Crippen LogP contribution is 2.32. The monoisotopic (exact) mass is 327 g/mol. The van der Waals surface area contributed by atoms with Crippen molar-refractivity contribution < 1.29 is 14.3 Å². The van der Waals surface area contributed by atoms with Crippen LogP contribution in [0.5, 0.6) is 11.5 Å². The van der Waals surface area contributed by atoms with Crippen molar-refractivity contribution in [1.82, 2.24) is 10.3 Å². The van der Waals surface area contributed by atoms with Crippen LogP contribution >= 0.6 is 0 Å². The Morgan fingerprint density at radius 3 is 2.96 bits per heavy atom. The zero-order valence-corrected chi connectivity index (χ0v) is 13.7. The van der Waals surface area contributed by atoms with Gasteiger partial charge in [0.1, 0.15) is 5.69 Å². The summed E-state index contributed by atoms with van der Waals surface area (Å²) < 4.78 is 10.6. The van der Waals surface area contributed by atoms with Crippen molar-refractivity contribution in [3.8, 4) is 11.5 Å². The fraction of sp³-hybridized carbons (Fsp3) is 0.333. The van der Waals surface area contributed by atoms with Crippen molar-refractivity contribution in [3.63, 3.8) is 0 Å². The fourth-order valence-corrected chi connectivity index (χ4v) is 2.40. The molecule has 1 amide bonds. The predicted molar refractivity (Wildman–Crippen MR) is 91.4 cm³/mol. The molecule has 0 spiro atoms. The molecule has 6 heteroatoms.